The predicted octanol–water partition coefficient (Wildman–Crippen LogP) is 6.42. The van der Waals surface area contributed by atoms with Crippen molar-refractivity contribution in [1.82, 2.24) is 25.5 Å². The van der Waals surface area contributed by atoms with E-state index in [1.165, 1.54) is 19.1 Å². The van der Waals surface area contributed by atoms with Gasteiger partial charge in [-0.25, -0.2) is 4.79 Å². The number of tetrazole rings is 1. The number of aromatic amines is 1. The monoisotopic (exact) mass is 557 g/mol. The van der Waals surface area contributed by atoms with E-state index >= 15 is 0 Å². The molecule has 0 bridgehead atoms. The van der Waals surface area contributed by atoms with Gasteiger partial charge in [0.05, 0.1) is 5.56 Å². The molecule has 0 spiro atoms. The number of aryl methyl sites for hydroxylation is 1. The molecular formula is C28H34F3N7O2. The first-order valence-electron chi connectivity index (χ1n) is 13.2. The summed E-state index contributed by atoms with van der Waals surface area (Å²) < 4.78 is 40.4. The second-order valence-corrected chi connectivity index (χ2v) is 11.3. The Labute approximate surface area is 230 Å². The number of urea groups is 1. The second-order valence-electron chi connectivity index (χ2n) is 11.3. The van der Waals surface area contributed by atoms with E-state index in [2.05, 4.69) is 52.0 Å². The van der Waals surface area contributed by atoms with Gasteiger partial charge in [0.2, 0.25) is 0 Å². The van der Waals surface area contributed by atoms with E-state index in [1.807, 2.05) is 0 Å². The Kier molecular flexibility index (Phi) is 8.45. The number of anilines is 2. The van der Waals surface area contributed by atoms with Crippen molar-refractivity contribution in [3.05, 3.63) is 64.7 Å². The third kappa shape index (κ3) is 7.16. The Morgan fingerprint density at radius 1 is 1.00 bits per heavy atom. The number of amides is 3. The highest BCUT2D eigenvalue weighted by Gasteiger charge is 2.35. The quantitative estimate of drug-likeness (QED) is 0.324. The van der Waals surface area contributed by atoms with Crippen LogP contribution in [0.5, 0.6) is 0 Å². The number of nitrogens with zero attached hydrogens (tertiary/aromatic N) is 4. The summed E-state index contributed by atoms with van der Waals surface area (Å²) in [7, 11) is 0. The lowest BCUT2D eigenvalue weighted by molar-refractivity contribution is -0.138. The molecule has 4 rings (SSSR count). The van der Waals surface area contributed by atoms with Gasteiger partial charge in [-0.3, -0.25) is 10.1 Å². The maximum absolute atomic E-state index is 13.5. The van der Waals surface area contributed by atoms with Crippen molar-refractivity contribution in [1.29, 1.82) is 0 Å². The molecule has 1 aliphatic carbocycles. The zero-order valence-corrected chi connectivity index (χ0v) is 23.0. The maximum Gasteiger partial charge on any atom is 0.416 e. The van der Waals surface area contributed by atoms with Crippen LogP contribution in [0.3, 0.4) is 0 Å². The summed E-state index contributed by atoms with van der Waals surface area (Å²) >= 11 is 0. The third-order valence-electron chi connectivity index (χ3n) is 7.56. The molecule has 40 heavy (non-hydrogen) atoms. The number of aromatic nitrogens is 4. The Morgan fingerprint density at radius 2 is 1.68 bits per heavy atom. The number of benzene rings is 2. The summed E-state index contributed by atoms with van der Waals surface area (Å²) in [6.45, 7) is 8.28. The van der Waals surface area contributed by atoms with Crippen LogP contribution in [0.15, 0.2) is 42.5 Å². The van der Waals surface area contributed by atoms with Gasteiger partial charge in [-0.15, -0.1) is 5.10 Å². The molecule has 2 aromatic carbocycles. The average Bonchev–Trinajstić information content (AvgIpc) is 3.40. The van der Waals surface area contributed by atoms with Crippen molar-refractivity contribution >= 4 is 23.6 Å². The van der Waals surface area contributed by atoms with Crippen LogP contribution in [0.1, 0.15) is 73.5 Å². The fourth-order valence-corrected chi connectivity index (χ4v) is 5.17. The second kappa shape index (κ2) is 11.6. The Hall–Kier alpha value is -3.96. The molecule has 0 unspecified atom stereocenters. The van der Waals surface area contributed by atoms with Crippen molar-refractivity contribution in [2.45, 2.75) is 72.1 Å². The van der Waals surface area contributed by atoms with Gasteiger partial charge >= 0.3 is 12.2 Å². The molecule has 1 fully saturated rings. The van der Waals surface area contributed by atoms with Crippen LogP contribution in [-0.4, -0.2) is 43.5 Å². The summed E-state index contributed by atoms with van der Waals surface area (Å²) in [5.74, 6) is 0.160. The summed E-state index contributed by atoms with van der Waals surface area (Å²) in [4.78, 5) is 27.7. The molecule has 0 atom stereocenters. The number of halogens is 3. The average molecular weight is 558 g/mol. The smallest absolute Gasteiger partial charge is 0.317 e. The lowest BCUT2D eigenvalue weighted by atomic mass is 9.71. The topological polar surface area (TPSA) is 116 Å². The van der Waals surface area contributed by atoms with Crippen LogP contribution in [0, 0.1) is 18.3 Å². The van der Waals surface area contributed by atoms with E-state index in [9.17, 15) is 22.8 Å². The van der Waals surface area contributed by atoms with Crippen LogP contribution in [0.2, 0.25) is 0 Å². The van der Waals surface area contributed by atoms with E-state index in [0.29, 0.717) is 11.5 Å². The molecule has 1 saturated carbocycles. The number of H-pyrrole nitrogens is 1. The minimum absolute atomic E-state index is 0.0487. The molecule has 214 valence electrons. The van der Waals surface area contributed by atoms with Crippen LogP contribution in [0.25, 0.3) is 0 Å². The van der Waals surface area contributed by atoms with Gasteiger partial charge in [0.25, 0.3) is 11.9 Å². The van der Waals surface area contributed by atoms with Gasteiger partial charge in [-0.1, -0.05) is 44.1 Å². The maximum atomic E-state index is 13.5. The van der Waals surface area contributed by atoms with Gasteiger partial charge in [0.1, 0.15) is 0 Å². The van der Waals surface area contributed by atoms with Gasteiger partial charge in [0.15, 0.2) is 0 Å². The first kappa shape index (κ1) is 29.0. The van der Waals surface area contributed by atoms with Crippen molar-refractivity contribution in [3.63, 3.8) is 0 Å². The molecule has 0 aliphatic heterocycles. The molecule has 1 aromatic heterocycles. The van der Waals surface area contributed by atoms with Crippen LogP contribution in [-0.2, 0) is 12.7 Å². The summed E-state index contributed by atoms with van der Waals surface area (Å²) in [6, 6.07) is 10.0. The molecule has 1 aliphatic rings. The highest BCUT2D eigenvalue weighted by atomic mass is 19.4. The van der Waals surface area contributed by atoms with Crippen molar-refractivity contribution in [2.75, 3.05) is 10.6 Å². The number of rotatable bonds is 6. The largest absolute Gasteiger partial charge is 0.416 e. The zero-order chi connectivity index (χ0) is 29.1. The Morgan fingerprint density at radius 3 is 2.25 bits per heavy atom. The van der Waals surface area contributed by atoms with Gasteiger partial charge in [0, 0.05) is 23.8 Å². The minimum atomic E-state index is -4.52. The highest BCUT2D eigenvalue weighted by Crippen LogP contribution is 2.39. The molecule has 12 heteroatoms. The van der Waals surface area contributed by atoms with Crippen LogP contribution in [0.4, 0.5) is 29.6 Å². The highest BCUT2D eigenvalue weighted by molar-refractivity contribution is 6.03. The molecule has 9 nitrogen and oxygen atoms in total. The number of nitrogens with one attached hydrogen (secondary N) is 3. The summed E-state index contributed by atoms with van der Waals surface area (Å²) in [6.07, 6.45) is -1.02. The third-order valence-corrected chi connectivity index (χ3v) is 7.56. The molecule has 1 heterocycles. The Balaban J connectivity index is 1.52. The predicted molar refractivity (Wildman–Crippen MR) is 145 cm³/mol. The van der Waals surface area contributed by atoms with E-state index < -0.39 is 23.7 Å². The van der Waals surface area contributed by atoms with Crippen molar-refractivity contribution < 1.29 is 22.8 Å². The van der Waals surface area contributed by atoms with E-state index in [-0.39, 0.29) is 35.2 Å². The summed E-state index contributed by atoms with van der Waals surface area (Å²) in [5, 5.41) is 18.3. The van der Waals surface area contributed by atoms with Gasteiger partial charge < -0.3 is 10.2 Å². The number of hydrogen-bond donors (Lipinski definition) is 3. The standard InChI is InChI=1S/C28H34F3N7O2/c1-17-5-12-21(15-23(17)28(29,30)31)32-26(40)38(22-13-10-20(11-14-22)27(2,3)4)16-18-6-8-19(9-7-18)24(39)33-25-34-36-37-35-25/h5-9,12,15,20,22H,10-11,13-14,16H2,1-4H3,(H,32,40)(H2,33,34,35,36,37,39). The van der Waals surface area contributed by atoms with Gasteiger partial charge in [-0.2, -0.15) is 18.4 Å². The number of carbonyl (C=O) groups excluding carboxylic acids is 2. The molecule has 0 saturated heterocycles. The van der Waals surface area contributed by atoms with Crippen LogP contribution >= 0.6 is 0 Å². The number of hydrogen-bond acceptors (Lipinski definition) is 5. The number of carbonyl (C=O) groups is 2. The fourth-order valence-electron chi connectivity index (χ4n) is 5.17. The SMILES string of the molecule is Cc1ccc(NC(=O)N(Cc2ccc(C(=O)Nc3nn[nH]n3)cc2)C2CCC(C(C)(C)C)CC2)cc1C(F)(F)F. The minimum Gasteiger partial charge on any atom is -0.317 e. The fraction of sp³-hybridized carbons (Fsp3) is 0.464. The molecule has 3 aromatic rings. The lowest BCUT2D eigenvalue weighted by Gasteiger charge is -2.41. The zero-order valence-electron chi connectivity index (χ0n) is 23.0. The molecular weight excluding hydrogens is 523 g/mol. The Bertz CT molecular complexity index is 1310. The normalized spacial score (nSPS) is 17.8. The molecule has 3 N–H and O–H groups in total. The first-order valence-corrected chi connectivity index (χ1v) is 13.2. The van der Waals surface area contributed by atoms with E-state index in [0.717, 1.165) is 37.3 Å². The van der Waals surface area contributed by atoms with Gasteiger partial charge in [-0.05, 0) is 84.5 Å². The molecule has 0 radical (unpaired) electrons. The van der Waals surface area contributed by atoms with Crippen molar-refractivity contribution in [3.8, 4) is 0 Å². The number of alkyl halides is 3. The van der Waals surface area contributed by atoms with E-state index in [1.54, 1.807) is 29.2 Å². The van der Waals surface area contributed by atoms with Crippen molar-refractivity contribution in [2.24, 2.45) is 11.3 Å². The lowest BCUT2D eigenvalue weighted by Crippen LogP contribution is -2.45. The molecule has 3 amide bonds. The van der Waals surface area contributed by atoms with E-state index in [4.69, 9.17) is 0 Å². The first-order chi connectivity index (χ1) is 18.8. The van der Waals surface area contributed by atoms with Crippen LogP contribution < -0.4 is 10.6 Å². The summed E-state index contributed by atoms with van der Waals surface area (Å²) in [5.41, 5.74) is 0.707.